The lowest BCUT2D eigenvalue weighted by Gasteiger charge is -2.26. The summed E-state index contributed by atoms with van der Waals surface area (Å²) < 4.78 is 10.9. The van der Waals surface area contributed by atoms with E-state index in [1.54, 1.807) is 36.3 Å². The van der Waals surface area contributed by atoms with E-state index in [4.69, 9.17) is 9.47 Å². The van der Waals surface area contributed by atoms with Crippen LogP contribution in [0.3, 0.4) is 0 Å². The van der Waals surface area contributed by atoms with Gasteiger partial charge >= 0.3 is 0 Å². The third-order valence-electron chi connectivity index (χ3n) is 5.48. The number of methoxy groups -OCH3 is 1. The fourth-order valence-corrected chi connectivity index (χ4v) is 3.92. The van der Waals surface area contributed by atoms with Gasteiger partial charge in [-0.25, -0.2) is 0 Å². The zero-order chi connectivity index (χ0) is 24.1. The normalized spacial score (nSPS) is 17.8. The molecule has 176 valence electrons. The largest absolute Gasteiger partial charge is 0.507 e. The summed E-state index contributed by atoms with van der Waals surface area (Å²) in [5.74, 6) is -0.142. The van der Waals surface area contributed by atoms with Gasteiger partial charge in [0.15, 0.2) is 0 Å². The standard InChI is InChI=1S/C26H32N2O5/c1-17(2)33-21-13-7-18(8-14-21)23-22(24(29)19-9-11-20(32-5)12-10-19)25(30)26(31)28(23)16-6-15-27(3)4/h7-14,17,23,29H,6,15-16H2,1-5H3/b24-22+/t23-/m1/s1. The van der Waals surface area contributed by atoms with Gasteiger partial charge in [-0.3, -0.25) is 9.59 Å². The molecule has 1 saturated heterocycles. The van der Waals surface area contributed by atoms with Crippen molar-refractivity contribution in [3.8, 4) is 11.5 Å². The van der Waals surface area contributed by atoms with E-state index in [0.717, 1.165) is 12.1 Å². The molecule has 0 unspecified atom stereocenters. The number of ketones is 1. The second-order valence-electron chi connectivity index (χ2n) is 8.61. The molecule has 3 rings (SSSR count). The highest BCUT2D eigenvalue weighted by Crippen LogP contribution is 2.40. The lowest BCUT2D eigenvalue weighted by atomic mass is 9.95. The number of amides is 1. The summed E-state index contributed by atoms with van der Waals surface area (Å²) in [6.07, 6.45) is 0.732. The van der Waals surface area contributed by atoms with Crippen LogP contribution in [0.5, 0.6) is 11.5 Å². The maximum absolute atomic E-state index is 13.1. The SMILES string of the molecule is COc1ccc(/C(O)=C2\C(=O)C(=O)N(CCCN(C)C)[C@@H]2c2ccc(OC(C)C)cc2)cc1. The molecule has 1 N–H and O–H groups in total. The predicted molar refractivity (Wildman–Crippen MR) is 127 cm³/mol. The van der Waals surface area contributed by atoms with E-state index >= 15 is 0 Å². The first-order valence-corrected chi connectivity index (χ1v) is 11.1. The Hall–Kier alpha value is -3.32. The Morgan fingerprint density at radius 2 is 1.64 bits per heavy atom. The molecular formula is C26H32N2O5. The highest BCUT2D eigenvalue weighted by atomic mass is 16.5. The molecule has 1 aliphatic heterocycles. The molecule has 0 saturated carbocycles. The summed E-state index contributed by atoms with van der Waals surface area (Å²) in [5.41, 5.74) is 1.28. The van der Waals surface area contributed by atoms with Crippen LogP contribution in [0.2, 0.25) is 0 Å². The number of aliphatic hydroxyl groups is 1. The molecule has 1 heterocycles. The number of carbonyl (C=O) groups is 2. The Morgan fingerprint density at radius 1 is 1.03 bits per heavy atom. The number of likely N-dealkylation sites (tertiary alicyclic amines) is 1. The van der Waals surface area contributed by atoms with Gasteiger partial charge in [0, 0.05) is 12.1 Å². The first-order valence-electron chi connectivity index (χ1n) is 11.1. The summed E-state index contributed by atoms with van der Waals surface area (Å²) in [4.78, 5) is 29.7. The molecular weight excluding hydrogens is 420 g/mol. The van der Waals surface area contributed by atoms with Gasteiger partial charge in [-0.15, -0.1) is 0 Å². The Kier molecular flexibility index (Phi) is 7.76. The van der Waals surface area contributed by atoms with Crippen molar-refractivity contribution in [3.05, 3.63) is 65.2 Å². The molecule has 0 spiro atoms. The van der Waals surface area contributed by atoms with Gasteiger partial charge in [-0.2, -0.15) is 0 Å². The van der Waals surface area contributed by atoms with Crippen molar-refractivity contribution in [1.82, 2.24) is 9.80 Å². The van der Waals surface area contributed by atoms with Crippen molar-refractivity contribution in [2.75, 3.05) is 34.3 Å². The van der Waals surface area contributed by atoms with E-state index in [9.17, 15) is 14.7 Å². The Morgan fingerprint density at radius 3 is 2.18 bits per heavy atom. The van der Waals surface area contributed by atoms with Gasteiger partial charge in [0.2, 0.25) is 0 Å². The third-order valence-corrected chi connectivity index (χ3v) is 5.48. The monoisotopic (exact) mass is 452 g/mol. The average molecular weight is 453 g/mol. The van der Waals surface area contributed by atoms with Crippen molar-refractivity contribution < 1.29 is 24.2 Å². The van der Waals surface area contributed by atoms with E-state index < -0.39 is 17.7 Å². The van der Waals surface area contributed by atoms with Crippen LogP contribution in [-0.2, 0) is 9.59 Å². The summed E-state index contributed by atoms with van der Waals surface area (Å²) in [5, 5.41) is 11.1. The minimum atomic E-state index is -0.680. The number of ether oxygens (including phenoxy) is 2. The second-order valence-corrected chi connectivity index (χ2v) is 8.61. The Bertz CT molecular complexity index is 1010. The van der Waals surface area contributed by atoms with Crippen molar-refractivity contribution in [2.45, 2.75) is 32.4 Å². The van der Waals surface area contributed by atoms with Crippen LogP contribution < -0.4 is 9.47 Å². The maximum atomic E-state index is 13.1. The highest BCUT2D eigenvalue weighted by Gasteiger charge is 2.45. The smallest absolute Gasteiger partial charge is 0.295 e. The summed E-state index contributed by atoms with van der Waals surface area (Å²) >= 11 is 0. The Balaban J connectivity index is 2.04. The molecule has 0 aliphatic carbocycles. The van der Waals surface area contributed by atoms with Gasteiger partial charge in [-0.1, -0.05) is 12.1 Å². The summed E-state index contributed by atoms with van der Waals surface area (Å²) in [6.45, 7) is 5.07. The fraction of sp³-hybridized carbons (Fsp3) is 0.385. The van der Waals surface area contributed by atoms with E-state index in [0.29, 0.717) is 30.0 Å². The van der Waals surface area contributed by atoms with E-state index in [-0.39, 0.29) is 17.4 Å². The number of carbonyl (C=O) groups excluding carboxylic acids is 2. The van der Waals surface area contributed by atoms with Crippen LogP contribution in [0.25, 0.3) is 5.76 Å². The van der Waals surface area contributed by atoms with Crippen LogP contribution in [0.1, 0.15) is 37.4 Å². The first-order chi connectivity index (χ1) is 15.7. The molecule has 2 aromatic rings. The number of aliphatic hydroxyl groups excluding tert-OH is 1. The van der Waals surface area contributed by atoms with E-state index in [1.165, 1.54) is 0 Å². The number of hydrogen-bond acceptors (Lipinski definition) is 6. The second kappa shape index (κ2) is 10.5. The van der Waals surface area contributed by atoms with Crippen LogP contribution >= 0.6 is 0 Å². The number of nitrogens with zero attached hydrogens (tertiary/aromatic N) is 2. The van der Waals surface area contributed by atoms with Gasteiger partial charge in [-0.05, 0) is 82.9 Å². The maximum Gasteiger partial charge on any atom is 0.295 e. The van der Waals surface area contributed by atoms with Crippen LogP contribution in [0.15, 0.2) is 54.1 Å². The molecule has 0 bridgehead atoms. The van der Waals surface area contributed by atoms with Crippen LogP contribution in [-0.4, -0.2) is 67.0 Å². The van der Waals surface area contributed by atoms with Gasteiger partial charge in [0.25, 0.3) is 11.7 Å². The zero-order valence-corrected chi connectivity index (χ0v) is 19.9. The molecule has 7 heteroatoms. The van der Waals surface area contributed by atoms with E-state index in [2.05, 4.69) is 0 Å². The number of hydrogen-bond donors (Lipinski definition) is 1. The molecule has 1 fully saturated rings. The van der Waals surface area contributed by atoms with Crippen molar-refractivity contribution >= 4 is 17.4 Å². The molecule has 0 aromatic heterocycles. The van der Waals surface area contributed by atoms with Crippen molar-refractivity contribution in [3.63, 3.8) is 0 Å². The van der Waals surface area contributed by atoms with Crippen LogP contribution in [0.4, 0.5) is 0 Å². The van der Waals surface area contributed by atoms with E-state index in [1.807, 2.05) is 57.1 Å². The topological polar surface area (TPSA) is 79.3 Å². The predicted octanol–water partition coefficient (Wildman–Crippen LogP) is 3.86. The lowest BCUT2D eigenvalue weighted by molar-refractivity contribution is -0.139. The van der Waals surface area contributed by atoms with Gasteiger partial charge in [0.1, 0.15) is 17.3 Å². The van der Waals surface area contributed by atoms with Crippen molar-refractivity contribution in [2.24, 2.45) is 0 Å². The summed E-state index contributed by atoms with van der Waals surface area (Å²) in [7, 11) is 5.48. The minimum Gasteiger partial charge on any atom is -0.507 e. The molecule has 1 amide bonds. The number of benzene rings is 2. The molecule has 2 aromatic carbocycles. The quantitative estimate of drug-likeness (QED) is 0.354. The molecule has 7 nitrogen and oxygen atoms in total. The first kappa shape index (κ1) is 24.3. The number of rotatable bonds is 9. The highest BCUT2D eigenvalue weighted by molar-refractivity contribution is 6.46. The van der Waals surface area contributed by atoms with Gasteiger partial charge in [0.05, 0.1) is 24.8 Å². The lowest BCUT2D eigenvalue weighted by Crippen LogP contribution is -2.32. The van der Waals surface area contributed by atoms with Crippen LogP contribution in [0, 0.1) is 0 Å². The molecule has 33 heavy (non-hydrogen) atoms. The molecule has 1 atom stereocenters. The zero-order valence-electron chi connectivity index (χ0n) is 19.9. The molecule has 0 radical (unpaired) electrons. The van der Waals surface area contributed by atoms with Gasteiger partial charge < -0.3 is 24.4 Å². The minimum absolute atomic E-state index is 0.0302. The van der Waals surface area contributed by atoms with Crippen molar-refractivity contribution in [1.29, 1.82) is 0 Å². The molecule has 1 aliphatic rings. The Labute approximate surface area is 195 Å². The summed E-state index contributed by atoms with van der Waals surface area (Å²) in [6, 6.07) is 13.4. The average Bonchev–Trinajstić information content (AvgIpc) is 3.03. The third kappa shape index (κ3) is 5.54. The fourth-order valence-electron chi connectivity index (χ4n) is 3.92. The number of Topliss-reactive ketones (excluding diaryl/α,β-unsaturated/α-hetero) is 1.